The van der Waals surface area contributed by atoms with Crippen molar-refractivity contribution in [3.8, 4) is 0 Å². The minimum Gasteiger partial charge on any atom is -0.370 e. The third kappa shape index (κ3) is 4.58. The van der Waals surface area contributed by atoms with E-state index < -0.39 is 0 Å². The molecule has 1 aliphatic heterocycles. The summed E-state index contributed by atoms with van der Waals surface area (Å²) in [6.07, 6.45) is 3.48. The van der Waals surface area contributed by atoms with Gasteiger partial charge >= 0.3 is 0 Å². The van der Waals surface area contributed by atoms with Crippen molar-refractivity contribution in [1.29, 1.82) is 0 Å². The summed E-state index contributed by atoms with van der Waals surface area (Å²) < 4.78 is 7.58. The molecule has 1 fully saturated rings. The van der Waals surface area contributed by atoms with Crippen LogP contribution in [0.2, 0.25) is 0 Å². The second-order valence-corrected chi connectivity index (χ2v) is 6.80. The molecule has 1 aromatic heterocycles. The predicted octanol–water partition coefficient (Wildman–Crippen LogP) is 1.16. The number of benzene rings is 1. The van der Waals surface area contributed by atoms with Crippen LogP contribution in [0.4, 0.5) is 5.69 Å². The number of fused-ring (bicyclic) bond motifs is 1. The summed E-state index contributed by atoms with van der Waals surface area (Å²) in [7, 11) is 2.07. The lowest BCUT2D eigenvalue weighted by Crippen LogP contribution is -3.14. The summed E-state index contributed by atoms with van der Waals surface area (Å²) in [6.45, 7) is 7.06. The minimum atomic E-state index is 0.0771. The van der Waals surface area contributed by atoms with Gasteiger partial charge in [0.15, 0.2) is 0 Å². The summed E-state index contributed by atoms with van der Waals surface area (Å²) in [6, 6.07) is 5.98. The number of unbranched alkanes of at least 4 members (excludes halogenated alkanes) is 1. The number of carbonyl (C=O) groups is 1. The first kappa shape index (κ1) is 17.9. The molecule has 0 unspecified atom stereocenters. The second-order valence-electron chi connectivity index (χ2n) is 6.80. The summed E-state index contributed by atoms with van der Waals surface area (Å²) in [5, 5.41) is 2.98. The number of rotatable bonds is 7. The lowest BCUT2D eigenvalue weighted by atomic mass is 10.2. The second kappa shape index (κ2) is 8.45. The van der Waals surface area contributed by atoms with Gasteiger partial charge in [-0.25, -0.2) is 4.98 Å². The molecular formula is C19H29N4O2+. The van der Waals surface area contributed by atoms with E-state index in [-0.39, 0.29) is 5.91 Å². The molecular weight excluding hydrogens is 316 g/mol. The first-order chi connectivity index (χ1) is 12.2. The van der Waals surface area contributed by atoms with Gasteiger partial charge in [0, 0.05) is 19.2 Å². The fourth-order valence-electron chi connectivity index (χ4n) is 3.31. The Labute approximate surface area is 149 Å². The van der Waals surface area contributed by atoms with Gasteiger partial charge < -0.3 is 19.5 Å². The summed E-state index contributed by atoms with van der Waals surface area (Å²) >= 11 is 0. The lowest BCUT2D eigenvalue weighted by Gasteiger charge is -2.23. The molecule has 0 bridgehead atoms. The number of hydrogen-bond acceptors (Lipinski definition) is 3. The Kier molecular flexibility index (Phi) is 6.04. The van der Waals surface area contributed by atoms with Crippen molar-refractivity contribution in [3.05, 3.63) is 24.0 Å². The van der Waals surface area contributed by atoms with Crippen LogP contribution >= 0.6 is 0 Å². The maximum atomic E-state index is 11.9. The highest BCUT2D eigenvalue weighted by atomic mass is 16.5. The van der Waals surface area contributed by atoms with Crippen LogP contribution in [0.5, 0.6) is 0 Å². The van der Waals surface area contributed by atoms with E-state index in [2.05, 4.69) is 23.9 Å². The van der Waals surface area contributed by atoms with E-state index in [4.69, 9.17) is 9.72 Å². The van der Waals surface area contributed by atoms with Crippen molar-refractivity contribution in [2.75, 3.05) is 38.2 Å². The maximum Gasteiger partial charge on any atom is 0.224 e. The third-order valence-electron chi connectivity index (χ3n) is 4.92. The third-order valence-corrected chi connectivity index (χ3v) is 4.92. The average Bonchev–Trinajstić information content (AvgIpc) is 2.94. The van der Waals surface area contributed by atoms with Crippen molar-refractivity contribution in [2.24, 2.45) is 7.05 Å². The van der Waals surface area contributed by atoms with Crippen LogP contribution in [0.3, 0.4) is 0 Å². The van der Waals surface area contributed by atoms with Crippen molar-refractivity contribution in [2.45, 2.75) is 32.6 Å². The molecule has 0 radical (unpaired) electrons. The van der Waals surface area contributed by atoms with Crippen LogP contribution in [0.15, 0.2) is 18.2 Å². The largest absolute Gasteiger partial charge is 0.370 e. The summed E-state index contributed by atoms with van der Waals surface area (Å²) in [5.74, 6) is 1.18. The Morgan fingerprint density at radius 1 is 1.36 bits per heavy atom. The predicted molar refractivity (Wildman–Crippen MR) is 99.0 cm³/mol. The number of amides is 1. The SMILES string of the molecule is CCCCC(=O)Nc1ccc2c(c1)nc(CC[NH+]1CCOCC1)n2C. The van der Waals surface area contributed by atoms with E-state index in [1.807, 2.05) is 18.2 Å². The van der Waals surface area contributed by atoms with Crippen molar-refractivity contribution >= 4 is 22.6 Å². The molecule has 1 aliphatic rings. The van der Waals surface area contributed by atoms with Gasteiger partial charge in [0.1, 0.15) is 18.9 Å². The quantitative estimate of drug-likeness (QED) is 0.792. The van der Waals surface area contributed by atoms with Gasteiger partial charge in [-0.15, -0.1) is 0 Å². The molecule has 2 heterocycles. The standard InChI is InChI=1S/C19H28N4O2/c1-3-4-5-19(24)20-15-6-7-17-16(14-15)21-18(22(17)2)8-9-23-10-12-25-13-11-23/h6-7,14H,3-5,8-13H2,1-2H3,(H,20,24)/p+1. The number of carbonyl (C=O) groups excluding carboxylic acids is 1. The monoisotopic (exact) mass is 345 g/mol. The molecule has 25 heavy (non-hydrogen) atoms. The first-order valence-corrected chi connectivity index (χ1v) is 9.34. The Morgan fingerprint density at radius 2 is 2.16 bits per heavy atom. The Hall–Kier alpha value is -1.92. The fraction of sp³-hybridized carbons (Fsp3) is 0.579. The van der Waals surface area contributed by atoms with Gasteiger partial charge in [-0.05, 0) is 24.6 Å². The highest BCUT2D eigenvalue weighted by Crippen LogP contribution is 2.20. The Balaban J connectivity index is 1.66. The molecule has 2 aromatic rings. The van der Waals surface area contributed by atoms with Gasteiger partial charge in [0.2, 0.25) is 5.91 Å². The number of aromatic nitrogens is 2. The molecule has 1 saturated heterocycles. The molecule has 136 valence electrons. The first-order valence-electron chi connectivity index (χ1n) is 9.34. The van der Waals surface area contributed by atoms with Crippen molar-refractivity contribution < 1.29 is 14.4 Å². The maximum absolute atomic E-state index is 11.9. The number of ether oxygens (including phenoxy) is 1. The topological polar surface area (TPSA) is 60.6 Å². The normalized spacial score (nSPS) is 15.6. The highest BCUT2D eigenvalue weighted by Gasteiger charge is 2.16. The van der Waals surface area contributed by atoms with E-state index in [9.17, 15) is 4.79 Å². The number of hydrogen-bond donors (Lipinski definition) is 2. The van der Waals surface area contributed by atoms with Crippen LogP contribution in [-0.4, -0.2) is 48.3 Å². The van der Waals surface area contributed by atoms with Gasteiger partial charge in [-0.1, -0.05) is 13.3 Å². The zero-order chi connectivity index (χ0) is 17.6. The van der Waals surface area contributed by atoms with Gasteiger partial charge in [-0.3, -0.25) is 4.79 Å². The molecule has 0 aliphatic carbocycles. The average molecular weight is 345 g/mol. The van der Waals surface area contributed by atoms with Gasteiger partial charge in [-0.2, -0.15) is 0 Å². The summed E-state index contributed by atoms with van der Waals surface area (Å²) in [5.41, 5.74) is 2.89. The fourth-order valence-corrected chi connectivity index (χ4v) is 3.31. The number of imidazole rings is 1. The van der Waals surface area contributed by atoms with Crippen molar-refractivity contribution in [3.63, 3.8) is 0 Å². The number of anilines is 1. The van der Waals surface area contributed by atoms with E-state index in [0.29, 0.717) is 6.42 Å². The molecule has 1 amide bonds. The molecule has 0 atom stereocenters. The van der Waals surface area contributed by atoms with E-state index in [0.717, 1.165) is 74.7 Å². The van der Waals surface area contributed by atoms with Gasteiger partial charge in [0.25, 0.3) is 0 Å². The number of morpholine rings is 1. The molecule has 6 heteroatoms. The number of aryl methyl sites for hydroxylation is 1. The van der Waals surface area contributed by atoms with Crippen LogP contribution in [0.1, 0.15) is 32.0 Å². The zero-order valence-corrected chi connectivity index (χ0v) is 15.3. The van der Waals surface area contributed by atoms with Crippen LogP contribution in [0.25, 0.3) is 11.0 Å². The summed E-state index contributed by atoms with van der Waals surface area (Å²) in [4.78, 5) is 18.3. The van der Waals surface area contributed by atoms with Crippen LogP contribution in [-0.2, 0) is 23.0 Å². The minimum absolute atomic E-state index is 0.0771. The van der Waals surface area contributed by atoms with Crippen LogP contribution < -0.4 is 10.2 Å². The molecule has 0 saturated carbocycles. The molecule has 6 nitrogen and oxygen atoms in total. The smallest absolute Gasteiger partial charge is 0.224 e. The Morgan fingerprint density at radius 3 is 2.92 bits per heavy atom. The molecule has 3 rings (SSSR count). The zero-order valence-electron chi connectivity index (χ0n) is 15.3. The lowest BCUT2D eigenvalue weighted by molar-refractivity contribution is -0.907. The highest BCUT2D eigenvalue weighted by molar-refractivity contribution is 5.93. The number of quaternary nitrogens is 1. The number of nitrogens with one attached hydrogen (secondary N) is 2. The number of nitrogens with zero attached hydrogens (tertiary/aromatic N) is 2. The molecule has 2 N–H and O–H groups in total. The Bertz CT molecular complexity index is 720. The van der Waals surface area contributed by atoms with E-state index >= 15 is 0 Å². The van der Waals surface area contributed by atoms with Gasteiger partial charge in [0.05, 0.1) is 37.2 Å². The molecule has 0 spiro atoms. The van der Waals surface area contributed by atoms with E-state index in [1.54, 1.807) is 4.90 Å². The molecule has 1 aromatic carbocycles. The van der Waals surface area contributed by atoms with Crippen molar-refractivity contribution in [1.82, 2.24) is 9.55 Å². The van der Waals surface area contributed by atoms with E-state index in [1.165, 1.54) is 0 Å². The van der Waals surface area contributed by atoms with Crippen LogP contribution in [0, 0.1) is 0 Å².